The van der Waals surface area contributed by atoms with E-state index in [4.69, 9.17) is 16.7 Å². The van der Waals surface area contributed by atoms with E-state index in [0.29, 0.717) is 30.5 Å². The standard InChI is InChI=1S/C21H13ClF4N2O3/c22-14-5-2-4-13(21(24,25)26)17(14)19(29)28-16-6-1-3-12(16)18(27-28)11-8-7-10(20(30)31)9-15(11)23/h2,4-5,7-9H,1,3,6H2,(H,30,31). The first-order chi connectivity index (χ1) is 14.6. The van der Waals surface area contributed by atoms with E-state index in [-0.39, 0.29) is 21.8 Å². The summed E-state index contributed by atoms with van der Waals surface area (Å²) in [4.78, 5) is 24.2. The van der Waals surface area contributed by atoms with Crippen LogP contribution in [0.5, 0.6) is 0 Å². The molecule has 0 atom stereocenters. The van der Waals surface area contributed by atoms with Crippen molar-refractivity contribution >= 4 is 23.5 Å². The zero-order chi connectivity index (χ0) is 22.5. The van der Waals surface area contributed by atoms with Crippen LogP contribution in [0.2, 0.25) is 5.02 Å². The van der Waals surface area contributed by atoms with Gasteiger partial charge in [-0.15, -0.1) is 0 Å². The Hall–Kier alpha value is -3.20. The molecule has 1 N–H and O–H groups in total. The van der Waals surface area contributed by atoms with E-state index < -0.39 is 35.0 Å². The van der Waals surface area contributed by atoms with Crippen molar-refractivity contribution in [2.45, 2.75) is 25.4 Å². The summed E-state index contributed by atoms with van der Waals surface area (Å²) in [7, 11) is 0. The maximum atomic E-state index is 14.6. The summed E-state index contributed by atoms with van der Waals surface area (Å²) in [6.07, 6.45) is -3.38. The van der Waals surface area contributed by atoms with Crippen LogP contribution in [0.1, 0.15) is 44.0 Å². The monoisotopic (exact) mass is 452 g/mol. The van der Waals surface area contributed by atoms with Gasteiger partial charge in [-0.05, 0) is 49.6 Å². The average Bonchev–Trinajstić information content (AvgIpc) is 3.29. The number of carbonyl (C=O) groups is 2. The Morgan fingerprint density at radius 2 is 1.87 bits per heavy atom. The van der Waals surface area contributed by atoms with Crippen LogP contribution in [0.15, 0.2) is 36.4 Å². The lowest BCUT2D eigenvalue weighted by molar-refractivity contribution is -0.137. The SMILES string of the molecule is O=C(O)c1ccc(-c2nn(C(=O)c3c(Cl)cccc3C(F)(F)F)c3c2CCC3)c(F)c1. The number of carboxylic acid groups (broad SMARTS) is 1. The highest BCUT2D eigenvalue weighted by atomic mass is 35.5. The molecule has 1 aliphatic rings. The van der Waals surface area contributed by atoms with Gasteiger partial charge in [0.1, 0.15) is 5.82 Å². The molecule has 1 aromatic heterocycles. The number of carboxylic acids is 1. The van der Waals surface area contributed by atoms with Crippen molar-refractivity contribution in [3.8, 4) is 11.3 Å². The number of rotatable bonds is 3. The molecular weight excluding hydrogens is 440 g/mol. The predicted octanol–water partition coefficient (Wildman–Crippen LogP) is 5.24. The van der Waals surface area contributed by atoms with Crippen LogP contribution in [0.4, 0.5) is 17.6 Å². The summed E-state index contributed by atoms with van der Waals surface area (Å²) in [5, 5.41) is 12.8. The van der Waals surface area contributed by atoms with Crippen LogP contribution in [0.25, 0.3) is 11.3 Å². The topological polar surface area (TPSA) is 72.2 Å². The Morgan fingerprint density at radius 3 is 2.52 bits per heavy atom. The van der Waals surface area contributed by atoms with E-state index in [0.717, 1.165) is 22.9 Å². The predicted molar refractivity (Wildman–Crippen MR) is 103 cm³/mol. The largest absolute Gasteiger partial charge is 0.478 e. The van der Waals surface area contributed by atoms with E-state index in [2.05, 4.69) is 5.10 Å². The van der Waals surface area contributed by atoms with E-state index in [1.165, 1.54) is 18.2 Å². The van der Waals surface area contributed by atoms with E-state index in [1.807, 2.05) is 0 Å². The summed E-state index contributed by atoms with van der Waals surface area (Å²) >= 11 is 5.95. The molecule has 0 saturated carbocycles. The van der Waals surface area contributed by atoms with Crippen LogP contribution in [0, 0.1) is 5.82 Å². The summed E-state index contributed by atoms with van der Waals surface area (Å²) in [6, 6.07) is 6.28. The Labute approximate surface area is 177 Å². The first kappa shape index (κ1) is 21.0. The number of benzene rings is 2. The van der Waals surface area contributed by atoms with Crippen molar-refractivity contribution in [1.82, 2.24) is 9.78 Å². The van der Waals surface area contributed by atoms with Crippen LogP contribution in [-0.4, -0.2) is 26.8 Å². The molecule has 31 heavy (non-hydrogen) atoms. The van der Waals surface area contributed by atoms with Gasteiger partial charge in [-0.2, -0.15) is 23.0 Å². The molecule has 1 aliphatic carbocycles. The summed E-state index contributed by atoms with van der Waals surface area (Å²) in [5.41, 5.74) is -1.21. The van der Waals surface area contributed by atoms with Crippen molar-refractivity contribution in [3.63, 3.8) is 0 Å². The van der Waals surface area contributed by atoms with Crippen LogP contribution in [-0.2, 0) is 19.0 Å². The van der Waals surface area contributed by atoms with Gasteiger partial charge >= 0.3 is 12.1 Å². The van der Waals surface area contributed by atoms with Gasteiger partial charge in [-0.1, -0.05) is 17.7 Å². The average molecular weight is 453 g/mol. The lowest BCUT2D eigenvalue weighted by atomic mass is 10.0. The zero-order valence-electron chi connectivity index (χ0n) is 15.6. The van der Waals surface area contributed by atoms with Gasteiger partial charge in [0.25, 0.3) is 5.91 Å². The normalized spacial score (nSPS) is 13.3. The van der Waals surface area contributed by atoms with Gasteiger partial charge in [-0.3, -0.25) is 4.79 Å². The minimum atomic E-state index is -4.81. The number of nitrogens with zero attached hydrogens (tertiary/aromatic N) is 2. The lowest BCUT2D eigenvalue weighted by Gasteiger charge is -2.14. The van der Waals surface area contributed by atoms with E-state index >= 15 is 0 Å². The van der Waals surface area contributed by atoms with Gasteiger partial charge in [0, 0.05) is 11.1 Å². The van der Waals surface area contributed by atoms with Gasteiger partial charge < -0.3 is 5.11 Å². The molecule has 0 bridgehead atoms. The van der Waals surface area contributed by atoms with Crippen molar-refractivity contribution < 1.29 is 32.3 Å². The number of carbonyl (C=O) groups excluding carboxylic acids is 1. The molecule has 2 aromatic carbocycles. The van der Waals surface area contributed by atoms with Crippen molar-refractivity contribution in [2.75, 3.05) is 0 Å². The third-order valence-electron chi connectivity index (χ3n) is 5.13. The Bertz CT molecular complexity index is 1230. The lowest BCUT2D eigenvalue weighted by Crippen LogP contribution is -2.21. The number of hydrogen-bond acceptors (Lipinski definition) is 3. The molecule has 0 saturated heterocycles. The second-order valence-electron chi connectivity index (χ2n) is 7.00. The number of fused-ring (bicyclic) bond motifs is 1. The first-order valence-corrected chi connectivity index (χ1v) is 9.51. The molecule has 0 radical (unpaired) electrons. The molecule has 0 aliphatic heterocycles. The molecule has 0 unspecified atom stereocenters. The third kappa shape index (κ3) is 3.59. The van der Waals surface area contributed by atoms with Gasteiger partial charge in [-0.25, -0.2) is 9.18 Å². The second kappa shape index (κ2) is 7.49. The minimum Gasteiger partial charge on any atom is -0.478 e. The summed E-state index contributed by atoms with van der Waals surface area (Å²) < 4.78 is 55.9. The molecule has 1 heterocycles. The Balaban J connectivity index is 1.87. The molecule has 0 amide bonds. The number of aromatic carboxylic acids is 1. The number of halogens is 5. The van der Waals surface area contributed by atoms with Crippen LogP contribution in [0.3, 0.4) is 0 Å². The second-order valence-corrected chi connectivity index (χ2v) is 7.41. The van der Waals surface area contributed by atoms with Gasteiger partial charge in [0.2, 0.25) is 0 Å². The summed E-state index contributed by atoms with van der Waals surface area (Å²) in [6.45, 7) is 0. The highest BCUT2D eigenvalue weighted by Gasteiger charge is 2.38. The van der Waals surface area contributed by atoms with Crippen LogP contribution < -0.4 is 0 Å². The summed E-state index contributed by atoms with van der Waals surface area (Å²) in [5.74, 6) is -3.24. The van der Waals surface area contributed by atoms with Crippen LogP contribution >= 0.6 is 11.6 Å². The Kier molecular flexibility index (Phi) is 5.09. The molecule has 5 nitrogen and oxygen atoms in total. The fourth-order valence-electron chi connectivity index (χ4n) is 3.75. The number of hydrogen-bond donors (Lipinski definition) is 1. The van der Waals surface area contributed by atoms with Crippen molar-refractivity contribution in [3.05, 3.63) is 75.2 Å². The zero-order valence-corrected chi connectivity index (χ0v) is 16.4. The minimum absolute atomic E-state index is 0.0371. The quantitative estimate of drug-likeness (QED) is 0.552. The first-order valence-electron chi connectivity index (χ1n) is 9.14. The van der Waals surface area contributed by atoms with E-state index in [1.54, 1.807) is 0 Å². The fraction of sp³-hybridized carbons (Fsp3) is 0.190. The smallest absolute Gasteiger partial charge is 0.417 e. The molecule has 160 valence electrons. The van der Waals surface area contributed by atoms with Crippen molar-refractivity contribution in [1.29, 1.82) is 0 Å². The van der Waals surface area contributed by atoms with Gasteiger partial charge in [0.15, 0.2) is 0 Å². The fourth-order valence-corrected chi connectivity index (χ4v) is 4.00. The molecule has 4 rings (SSSR count). The van der Waals surface area contributed by atoms with Gasteiger partial charge in [0.05, 0.1) is 33.1 Å². The van der Waals surface area contributed by atoms with E-state index in [9.17, 15) is 27.2 Å². The molecule has 0 fully saturated rings. The number of aromatic nitrogens is 2. The Morgan fingerprint density at radius 1 is 1.13 bits per heavy atom. The molecular formula is C21H13ClF4N2O3. The maximum absolute atomic E-state index is 14.6. The number of alkyl halides is 3. The third-order valence-corrected chi connectivity index (χ3v) is 5.44. The molecule has 10 heteroatoms. The molecule has 0 spiro atoms. The van der Waals surface area contributed by atoms with Crippen molar-refractivity contribution in [2.24, 2.45) is 0 Å². The highest BCUT2D eigenvalue weighted by Crippen LogP contribution is 2.38. The highest BCUT2D eigenvalue weighted by molar-refractivity contribution is 6.34. The molecule has 3 aromatic rings. The maximum Gasteiger partial charge on any atom is 0.417 e.